The highest BCUT2D eigenvalue weighted by atomic mass is 16.4. The lowest BCUT2D eigenvalue weighted by molar-refractivity contribution is -0.138. The molecule has 30 heavy (non-hydrogen) atoms. The van der Waals surface area contributed by atoms with E-state index in [9.17, 15) is 4.79 Å². The van der Waals surface area contributed by atoms with E-state index in [0.29, 0.717) is 6.01 Å². The minimum atomic E-state index is -0.0220. The maximum atomic E-state index is 13.2. The van der Waals surface area contributed by atoms with Crippen molar-refractivity contribution in [2.24, 2.45) is 11.0 Å². The molecule has 0 radical (unpaired) electrons. The third-order valence-corrected chi connectivity index (χ3v) is 5.91. The summed E-state index contributed by atoms with van der Waals surface area (Å²) in [6, 6.07) is 20.7. The number of nitrogens with zero attached hydrogens (tertiary/aromatic N) is 4. The van der Waals surface area contributed by atoms with Crippen molar-refractivity contribution in [1.82, 2.24) is 9.99 Å². The summed E-state index contributed by atoms with van der Waals surface area (Å²) in [6.45, 7) is 1.50. The smallest absolute Gasteiger partial charge is 0.297 e. The Labute approximate surface area is 175 Å². The van der Waals surface area contributed by atoms with Crippen molar-refractivity contribution < 1.29 is 9.21 Å². The fourth-order valence-corrected chi connectivity index (χ4v) is 4.23. The largest absolute Gasteiger partial charge is 0.423 e. The molecule has 1 amide bonds. The molecule has 1 unspecified atom stereocenters. The van der Waals surface area contributed by atoms with Crippen LogP contribution in [0, 0.1) is 5.92 Å². The lowest BCUT2D eigenvalue weighted by Gasteiger charge is -2.33. The molecule has 6 heteroatoms. The Hall–Kier alpha value is -3.41. The highest BCUT2D eigenvalue weighted by molar-refractivity contribution is 5.82. The zero-order valence-electron chi connectivity index (χ0n) is 16.7. The van der Waals surface area contributed by atoms with Crippen molar-refractivity contribution in [3.05, 3.63) is 72.4 Å². The Balaban J connectivity index is 1.22. The van der Waals surface area contributed by atoms with Crippen molar-refractivity contribution in [1.29, 1.82) is 0 Å². The second kappa shape index (κ2) is 8.14. The van der Waals surface area contributed by atoms with Crippen LogP contribution in [0.15, 0.2) is 76.4 Å². The molecule has 2 aliphatic heterocycles. The molecule has 0 aliphatic carbocycles. The summed E-state index contributed by atoms with van der Waals surface area (Å²) in [5, 5.41) is 6.09. The molecule has 0 N–H and O–H groups in total. The van der Waals surface area contributed by atoms with Gasteiger partial charge in [-0.15, -0.1) is 0 Å². The van der Waals surface area contributed by atoms with E-state index in [1.54, 1.807) is 11.2 Å². The molecule has 2 aromatic carbocycles. The topological polar surface area (TPSA) is 61.9 Å². The number of rotatable bonds is 4. The van der Waals surface area contributed by atoms with Crippen LogP contribution in [0.2, 0.25) is 0 Å². The number of oxazole rings is 1. The standard InChI is InChI=1S/C24H24N4O2/c29-23(28-21(11-14-26-28)18-7-3-1-4-8-18)20-12-15-27(16-13-20)24-25-17-22(30-24)19-9-5-2-6-10-19/h1-10,14,17,20-21H,11-13,15-16H2. The zero-order chi connectivity index (χ0) is 20.3. The Bertz CT molecular complexity index is 1020. The second-order valence-corrected chi connectivity index (χ2v) is 7.78. The van der Waals surface area contributed by atoms with Gasteiger partial charge in [-0.1, -0.05) is 60.7 Å². The van der Waals surface area contributed by atoms with Gasteiger partial charge in [-0.05, 0) is 18.4 Å². The molecule has 0 bridgehead atoms. The van der Waals surface area contributed by atoms with Gasteiger partial charge in [-0.3, -0.25) is 4.79 Å². The predicted octanol–water partition coefficient (Wildman–Crippen LogP) is 4.52. The van der Waals surface area contributed by atoms with E-state index in [0.717, 1.165) is 49.2 Å². The molecule has 1 atom stereocenters. The van der Waals surface area contributed by atoms with E-state index in [-0.39, 0.29) is 17.9 Å². The van der Waals surface area contributed by atoms with Gasteiger partial charge in [0.05, 0.1) is 12.2 Å². The molecule has 6 nitrogen and oxygen atoms in total. The minimum absolute atomic E-state index is 0.0110. The van der Waals surface area contributed by atoms with Crippen molar-refractivity contribution in [3.8, 4) is 11.3 Å². The van der Waals surface area contributed by atoms with E-state index in [2.05, 4.69) is 27.1 Å². The first-order valence-corrected chi connectivity index (χ1v) is 10.5. The number of hydrogen-bond donors (Lipinski definition) is 0. The molecule has 1 fully saturated rings. The maximum absolute atomic E-state index is 13.2. The van der Waals surface area contributed by atoms with Crippen LogP contribution in [0.25, 0.3) is 11.3 Å². The third-order valence-electron chi connectivity index (χ3n) is 5.91. The number of aromatic nitrogens is 1. The number of carbonyl (C=O) groups excluding carboxylic acids is 1. The van der Waals surface area contributed by atoms with Crippen LogP contribution in [0.3, 0.4) is 0 Å². The summed E-state index contributed by atoms with van der Waals surface area (Å²) >= 11 is 0. The van der Waals surface area contributed by atoms with Gasteiger partial charge in [0.2, 0.25) is 5.91 Å². The summed E-state index contributed by atoms with van der Waals surface area (Å²) < 4.78 is 5.98. The van der Waals surface area contributed by atoms with Crippen LogP contribution in [-0.2, 0) is 4.79 Å². The predicted molar refractivity (Wildman–Crippen MR) is 116 cm³/mol. The van der Waals surface area contributed by atoms with Crippen molar-refractivity contribution in [2.75, 3.05) is 18.0 Å². The lowest BCUT2D eigenvalue weighted by Crippen LogP contribution is -2.41. The first-order chi connectivity index (χ1) is 14.8. The maximum Gasteiger partial charge on any atom is 0.297 e. The highest BCUT2D eigenvalue weighted by Gasteiger charge is 2.35. The Kier molecular flexibility index (Phi) is 5.05. The Morgan fingerprint density at radius 3 is 2.40 bits per heavy atom. The molecule has 2 aliphatic rings. The number of carbonyl (C=O) groups is 1. The van der Waals surface area contributed by atoms with Gasteiger partial charge >= 0.3 is 0 Å². The molecule has 152 valence electrons. The van der Waals surface area contributed by atoms with Gasteiger partial charge in [0.1, 0.15) is 0 Å². The first kappa shape index (κ1) is 18.6. The number of anilines is 1. The second-order valence-electron chi connectivity index (χ2n) is 7.78. The molecule has 1 saturated heterocycles. The Morgan fingerprint density at radius 2 is 1.67 bits per heavy atom. The minimum Gasteiger partial charge on any atom is -0.423 e. The molecule has 1 aromatic heterocycles. The van der Waals surface area contributed by atoms with E-state index in [1.165, 1.54) is 0 Å². The van der Waals surface area contributed by atoms with E-state index in [1.807, 2.05) is 54.7 Å². The zero-order valence-corrected chi connectivity index (χ0v) is 16.7. The first-order valence-electron chi connectivity index (χ1n) is 10.5. The molecule has 0 spiro atoms. The van der Waals surface area contributed by atoms with Gasteiger partial charge in [0.25, 0.3) is 6.01 Å². The third kappa shape index (κ3) is 3.61. The molecule has 5 rings (SSSR count). The number of piperidine rings is 1. The van der Waals surface area contributed by atoms with Crippen LogP contribution in [0.1, 0.15) is 30.9 Å². The van der Waals surface area contributed by atoms with Gasteiger partial charge in [-0.2, -0.15) is 5.10 Å². The SMILES string of the molecule is O=C(C1CCN(c2ncc(-c3ccccc3)o2)CC1)N1N=CCC1c1ccccc1. The van der Waals surface area contributed by atoms with Crippen LogP contribution in [-0.4, -0.2) is 35.2 Å². The highest BCUT2D eigenvalue weighted by Crippen LogP contribution is 2.33. The molecule has 0 saturated carbocycles. The summed E-state index contributed by atoms with van der Waals surface area (Å²) in [4.78, 5) is 19.7. The molecular weight excluding hydrogens is 376 g/mol. The Morgan fingerprint density at radius 1 is 0.967 bits per heavy atom. The quantitative estimate of drug-likeness (QED) is 0.646. The summed E-state index contributed by atoms with van der Waals surface area (Å²) in [5.74, 6) is 0.863. The normalized spacial score (nSPS) is 19.4. The van der Waals surface area contributed by atoms with Crippen molar-refractivity contribution in [2.45, 2.75) is 25.3 Å². The average Bonchev–Trinajstić information content (AvgIpc) is 3.50. The molecular formula is C24H24N4O2. The van der Waals surface area contributed by atoms with Crippen molar-refractivity contribution >= 4 is 18.1 Å². The van der Waals surface area contributed by atoms with Gasteiger partial charge < -0.3 is 9.32 Å². The number of benzene rings is 2. The molecule has 3 aromatic rings. The van der Waals surface area contributed by atoms with E-state index >= 15 is 0 Å². The summed E-state index contributed by atoms with van der Waals surface area (Å²) in [7, 11) is 0. The van der Waals surface area contributed by atoms with E-state index in [4.69, 9.17) is 4.42 Å². The number of hydrazone groups is 1. The van der Waals surface area contributed by atoms with Crippen LogP contribution in [0.5, 0.6) is 0 Å². The van der Waals surface area contributed by atoms with E-state index < -0.39 is 0 Å². The fourth-order valence-electron chi connectivity index (χ4n) is 4.23. The van der Waals surface area contributed by atoms with Gasteiger partial charge in [0.15, 0.2) is 5.76 Å². The van der Waals surface area contributed by atoms with Gasteiger partial charge in [0, 0.05) is 37.2 Å². The summed E-state index contributed by atoms with van der Waals surface area (Å²) in [6.07, 6.45) is 5.94. The van der Waals surface area contributed by atoms with Gasteiger partial charge in [-0.25, -0.2) is 9.99 Å². The summed E-state index contributed by atoms with van der Waals surface area (Å²) in [5.41, 5.74) is 2.15. The fraction of sp³-hybridized carbons (Fsp3) is 0.292. The van der Waals surface area contributed by atoms with Crippen LogP contribution in [0.4, 0.5) is 6.01 Å². The average molecular weight is 400 g/mol. The van der Waals surface area contributed by atoms with Crippen LogP contribution >= 0.6 is 0 Å². The number of hydrogen-bond acceptors (Lipinski definition) is 5. The lowest BCUT2D eigenvalue weighted by atomic mass is 9.94. The van der Waals surface area contributed by atoms with Crippen LogP contribution < -0.4 is 4.90 Å². The molecule has 3 heterocycles. The monoisotopic (exact) mass is 400 g/mol. The van der Waals surface area contributed by atoms with Crippen molar-refractivity contribution in [3.63, 3.8) is 0 Å². The number of amides is 1.